The van der Waals surface area contributed by atoms with Crippen molar-refractivity contribution in [2.45, 2.75) is 63.3 Å². The number of hydrogen-bond acceptors (Lipinski definition) is 8. The average Bonchev–Trinajstić information content (AvgIpc) is 3.16. The van der Waals surface area contributed by atoms with Gasteiger partial charge in [0, 0.05) is 4.90 Å². The van der Waals surface area contributed by atoms with E-state index in [9.17, 15) is 14.7 Å². The van der Waals surface area contributed by atoms with Crippen molar-refractivity contribution in [1.82, 2.24) is 20.9 Å². The Bertz CT molecular complexity index is 866. The van der Waals surface area contributed by atoms with Crippen LogP contribution in [0.5, 0.6) is 0 Å². The van der Waals surface area contributed by atoms with Crippen LogP contribution in [-0.2, 0) is 9.59 Å². The standard InChI is InChI=1S/C21H30N4O5S/c1-12(2)11-14(15(26)19(28)24-29)18(27)22-16(21(3,4)5)17-23-20(30-25-17)31-13-9-7-6-8-10-13/h6-10,12,14-16,26,29H,11H2,1-5H3,(H,22,27)(H,24,28). The number of hydrogen-bond donors (Lipinski definition) is 4. The van der Waals surface area contributed by atoms with Crippen molar-refractivity contribution in [2.24, 2.45) is 17.3 Å². The molecule has 31 heavy (non-hydrogen) atoms. The predicted molar refractivity (Wildman–Crippen MR) is 114 cm³/mol. The Morgan fingerprint density at radius 3 is 2.35 bits per heavy atom. The molecule has 0 saturated carbocycles. The Labute approximate surface area is 186 Å². The Hall–Kier alpha value is -2.43. The minimum atomic E-state index is -1.69. The molecule has 0 bridgehead atoms. The van der Waals surface area contributed by atoms with Crippen LogP contribution in [0.3, 0.4) is 0 Å². The first-order valence-corrected chi connectivity index (χ1v) is 10.8. The predicted octanol–water partition coefficient (Wildman–Crippen LogP) is 2.95. The molecule has 3 atom stereocenters. The molecule has 170 valence electrons. The summed E-state index contributed by atoms with van der Waals surface area (Å²) in [6.07, 6.45) is -1.44. The Kier molecular flexibility index (Phi) is 8.60. The maximum Gasteiger partial charge on any atom is 0.290 e. The lowest BCUT2D eigenvalue weighted by atomic mass is 9.84. The first-order valence-electron chi connectivity index (χ1n) is 10.0. The highest BCUT2D eigenvalue weighted by Gasteiger charge is 2.38. The number of nitrogens with zero attached hydrogens (tertiary/aromatic N) is 2. The number of aromatic nitrogens is 2. The van der Waals surface area contributed by atoms with Crippen LogP contribution in [0.25, 0.3) is 0 Å². The number of aliphatic hydroxyl groups excluding tert-OH is 1. The maximum absolute atomic E-state index is 13.0. The number of hydroxylamine groups is 1. The summed E-state index contributed by atoms with van der Waals surface area (Å²) in [5, 5.41) is 26.4. The van der Waals surface area contributed by atoms with Crippen molar-refractivity contribution >= 4 is 23.6 Å². The van der Waals surface area contributed by atoms with Crippen molar-refractivity contribution in [3.8, 4) is 0 Å². The number of rotatable bonds is 9. The summed E-state index contributed by atoms with van der Waals surface area (Å²) in [6, 6.07) is 8.92. The van der Waals surface area contributed by atoms with Gasteiger partial charge >= 0.3 is 0 Å². The van der Waals surface area contributed by atoms with E-state index in [1.54, 1.807) is 0 Å². The van der Waals surface area contributed by atoms with E-state index < -0.39 is 35.3 Å². The normalized spacial score (nSPS) is 14.7. The smallest absolute Gasteiger partial charge is 0.290 e. The van der Waals surface area contributed by atoms with Crippen LogP contribution in [0.15, 0.2) is 45.0 Å². The van der Waals surface area contributed by atoms with Crippen LogP contribution in [0.4, 0.5) is 0 Å². The van der Waals surface area contributed by atoms with Crippen LogP contribution in [0.2, 0.25) is 0 Å². The summed E-state index contributed by atoms with van der Waals surface area (Å²) in [4.78, 5) is 30.1. The zero-order valence-corrected chi connectivity index (χ0v) is 19.1. The first-order chi connectivity index (χ1) is 14.5. The van der Waals surface area contributed by atoms with Gasteiger partial charge in [0.2, 0.25) is 5.91 Å². The summed E-state index contributed by atoms with van der Waals surface area (Å²) in [7, 11) is 0. The number of amides is 2. The van der Waals surface area contributed by atoms with Gasteiger partial charge in [-0.2, -0.15) is 4.98 Å². The molecule has 0 spiro atoms. The number of nitrogens with one attached hydrogen (secondary N) is 2. The molecule has 1 heterocycles. The van der Waals surface area contributed by atoms with E-state index in [-0.39, 0.29) is 12.3 Å². The molecule has 1 aromatic heterocycles. The van der Waals surface area contributed by atoms with Crippen LogP contribution in [0.1, 0.15) is 52.9 Å². The molecule has 0 radical (unpaired) electrons. The highest BCUT2D eigenvalue weighted by atomic mass is 32.2. The maximum atomic E-state index is 13.0. The van der Waals surface area contributed by atoms with E-state index in [0.717, 1.165) is 4.90 Å². The molecule has 2 amide bonds. The lowest BCUT2D eigenvalue weighted by Gasteiger charge is -2.31. The molecule has 3 unspecified atom stereocenters. The van der Waals surface area contributed by atoms with Gasteiger partial charge in [0.1, 0.15) is 6.10 Å². The highest BCUT2D eigenvalue weighted by Crippen LogP contribution is 2.34. The molecule has 1 aromatic carbocycles. The minimum Gasteiger partial charge on any atom is -0.382 e. The second kappa shape index (κ2) is 10.7. The van der Waals surface area contributed by atoms with Crippen molar-refractivity contribution in [1.29, 1.82) is 0 Å². The van der Waals surface area contributed by atoms with Gasteiger partial charge in [0.15, 0.2) is 5.82 Å². The van der Waals surface area contributed by atoms with E-state index in [0.29, 0.717) is 11.0 Å². The quantitative estimate of drug-likeness (QED) is 0.338. The SMILES string of the molecule is CC(C)CC(C(=O)NC(c1noc(Sc2ccccc2)n1)C(C)(C)C)C(O)C(=O)NO. The molecule has 2 aromatic rings. The largest absolute Gasteiger partial charge is 0.382 e. The molecule has 0 saturated heterocycles. The molecule has 10 heteroatoms. The third kappa shape index (κ3) is 7.05. The van der Waals surface area contributed by atoms with E-state index in [1.807, 2.05) is 65.0 Å². The molecule has 2 rings (SSSR count). The zero-order valence-electron chi connectivity index (χ0n) is 18.3. The third-order valence-electron chi connectivity index (χ3n) is 4.60. The Balaban J connectivity index is 2.24. The van der Waals surface area contributed by atoms with E-state index in [1.165, 1.54) is 17.2 Å². The molecule has 4 N–H and O–H groups in total. The molecule has 0 fully saturated rings. The van der Waals surface area contributed by atoms with Gasteiger partial charge in [-0.15, -0.1) is 0 Å². The Morgan fingerprint density at radius 1 is 1.16 bits per heavy atom. The Morgan fingerprint density at radius 2 is 1.81 bits per heavy atom. The molecule has 9 nitrogen and oxygen atoms in total. The van der Waals surface area contributed by atoms with E-state index >= 15 is 0 Å². The molecular weight excluding hydrogens is 420 g/mol. The summed E-state index contributed by atoms with van der Waals surface area (Å²) in [5.41, 5.74) is 0.918. The van der Waals surface area contributed by atoms with Gasteiger partial charge < -0.3 is 14.9 Å². The van der Waals surface area contributed by atoms with Gasteiger partial charge in [0.05, 0.1) is 12.0 Å². The fourth-order valence-electron chi connectivity index (χ4n) is 3.02. The number of benzene rings is 1. The van der Waals surface area contributed by atoms with Crippen LogP contribution < -0.4 is 10.8 Å². The van der Waals surface area contributed by atoms with Crippen molar-refractivity contribution in [3.05, 3.63) is 36.2 Å². The minimum absolute atomic E-state index is 0.0315. The van der Waals surface area contributed by atoms with Gasteiger partial charge in [0.25, 0.3) is 11.1 Å². The van der Waals surface area contributed by atoms with E-state index in [4.69, 9.17) is 9.73 Å². The monoisotopic (exact) mass is 450 g/mol. The van der Waals surface area contributed by atoms with Gasteiger partial charge in [-0.25, -0.2) is 5.48 Å². The van der Waals surface area contributed by atoms with Crippen molar-refractivity contribution < 1.29 is 24.4 Å². The van der Waals surface area contributed by atoms with Crippen LogP contribution in [-0.4, -0.2) is 38.4 Å². The lowest BCUT2D eigenvalue weighted by molar-refractivity contribution is -0.147. The summed E-state index contributed by atoms with van der Waals surface area (Å²) >= 11 is 1.31. The number of carbonyl (C=O) groups is 2. The zero-order chi connectivity index (χ0) is 23.2. The second-order valence-electron chi connectivity index (χ2n) is 8.80. The number of carbonyl (C=O) groups excluding carboxylic acids is 2. The fourth-order valence-corrected chi connectivity index (χ4v) is 3.73. The van der Waals surface area contributed by atoms with E-state index in [2.05, 4.69) is 15.5 Å². The second-order valence-corrected chi connectivity index (χ2v) is 9.82. The summed E-state index contributed by atoms with van der Waals surface area (Å²) in [6.45, 7) is 9.47. The molecule has 0 aliphatic heterocycles. The van der Waals surface area contributed by atoms with Gasteiger partial charge in [-0.3, -0.25) is 14.8 Å². The highest BCUT2D eigenvalue weighted by molar-refractivity contribution is 7.99. The first kappa shape index (κ1) is 24.8. The lowest BCUT2D eigenvalue weighted by Crippen LogP contribution is -2.48. The van der Waals surface area contributed by atoms with Crippen molar-refractivity contribution in [2.75, 3.05) is 0 Å². The van der Waals surface area contributed by atoms with Gasteiger partial charge in [-0.05, 0) is 41.6 Å². The van der Waals surface area contributed by atoms with Crippen LogP contribution in [0, 0.1) is 17.3 Å². The molecule has 0 aliphatic carbocycles. The molecule has 0 aliphatic rings. The molecular formula is C21H30N4O5S. The van der Waals surface area contributed by atoms with Crippen LogP contribution >= 0.6 is 11.8 Å². The van der Waals surface area contributed by atoms with Gasteiger partial charge in [-0.1, -0.05) is 58.0 Å². The topological polar surface area (TPSA) is 138 Å². The fraction of sp³-hybridized carbons (Fsp3) is 0.524. The average molecular weight is 451 g/mol. The number of aliphatic hydroxyl groups is 1. The van der Waals surface area contributed by atoms with Crippen molar-refractivity contribution in [3.63, 3.8) is 0 Å². The third-order valence-corrected chi connectivity index (χ3v) is 5.45. The summed E-state index contributed by atoms with van der Waals surface area (Å²) in [5.74, 6) is -2.30. The summed E-state index contributed by atoms with van der Waals surface area (Å²) < 4.78 is 5.36.